The van der Waals surface area contributed by atoms with Crippen molar-refractivity contribution in [2.45, 2.75) is 26.3 Å². The number of likely N-dealkylation sites (N-methyl/N-ethyl adjacent to an activating group) is 1. The van der Waals surface area contributed by atoms with E-state index in [-0.39, 0.29) is 17.7 Å². The molecule has 3 aromatic rings. The number of hydrogen-bond donors (Lipinski definition) is 3. The Morgan fingerprint density at radius 1 is 1.26 bits per heavy atom. The second-order valence-corrected chi connectivity index (χ2v) is 8.76. The van der Waals surface area contributed by atoms with E-state index in [1.807, 2.05) is 6.07 Å². The number of H-pyrrole nitrogens is 1. The van der Waals surface area contributed by atoms with Gasteiger partial charge in [0, 0.05) is 48.7 Å². The van der Waals surface area contributed by atoms with Crippen molar-refractivity contribution in [3.05, 3.63) is 34.8 Å². The Kier molecular flexibility index (Phi) is 6.54. The van der Waals surface area contributed by atoms with E-state index in [2.05, 4.69) is 60.1 Å². The summed E-state index contributed by atoms with van der Waals surface area (Å²) in [6, 6.07) is 8.92. The number of nitrogens with zero attached hydrogens (tertiary/aromatic N) is 4. The molecular weight excluding hydrogens is 460 g/mol. The summed E-state index contributed by atoms with van der Waals surface area (Å²) in [6.45, 7) is 9.45. The molecule has 2 aromatic heterocycles. The van der Waals surface area contributed by atoms with Gasteiger partial charge < -0.3 is 15.3 Å². The van der Waals surface area contributed by atoms with Crippen LogP contribution >= 0.6 is 15.9 Å². The lowest BCUT2D eigenvalue weighted by Crippen LogP contribution is -2.50. The number of pyridine rings is 1. The summed E-state index contributed by atoms with van der Waals surface area (Å²) >= 11 is 3.57. The van der Waals surface area contributed by atoms with Gasteiger partial charge in [-0.1, -0.05) is 6.92 Å². The average Bonchev–Trinajstić information content (AvgIpc) is 3.15. The minimum Gasteiger partial charge on any atom is -0.508 e. The molecule has 0 radical (unpaired) electrons. The molecule has 1 atom stereocenters. The number of aromatic nitrogens is 3. The van der Waals surface area contributed by atoms with E-state index in [1.165, 1.54) is 0 Å². The topological polar surface area (TPSA) is 97.4 Å². The van der Waals surface area contributed by atoms with E-state index in [9.17, 15) is 9.90 Å². The molecule has 1 aliphatic rings. The molecule has 9 heteroatoms. The lowest BCUT2D eigenvalue weighted by Gasteiger charge is -2.37. The Morgan fingerprint density at radius 2 is 1.97 bits per heavy atom. The van der Waals surface area contributed by atoms with Crippen molar-refractivity contribution in [2.75, 3.05) is 38.0 Å². The van der Waals surface area contributed by atoms with Crippen LogP contribution in [0.5, 0.6) is 5.75 Å². The summed E-state index contributed by atoms with van der Waals surface area (Å²) in [7, 11) is 0. The molecule has 1 fully saturated rings. The summed E-state index contributed by atoms with van der Waals surface area (Å²) in [5, 5.41) is 20.4. The van der Waals surface area contributed by atoms with Gasteiger partial charge in [0.2, 0.25) is 5.91 Å². The quantitative estimate of drug-likeness (QED) is 0.493. The first-order chi connectivity index (χ1) is 14.9. The lowest BCUT2D eigenvalue weighted by atomic mass is 10.1. The van der Waals surface area contributed by atoms with Crippen LogP contribution in [0.4, 0.5) is 5.82 Å². The monoisotopic (exact) mass is 486 g/mol. The van der Waals surface area contributed by atoms with E-state index in [0.717, 1.165) is 53.8 Å². The molecule has 3 N–H and O–H groups in total. The van der Waals surface area contributed by atoms with Gasteiger partial charge in [-0.2, -0.15) is 5.10 Å². The molecule has 1 unspecified atom stereocenters. The number of aromatic hydroxyl groups is 1. The third-order valence-electron chi connectivity index (χ3n) is 5.86. The molecule has 0 bridgehead atoms. The Balaban J connectivity index is 1.44. The van der Waals surface area contributed by atoms with Crippen LogP contribution in [0.15, 0.2) is 34.8 Å². The number of piperazine rings is 1. The number of aromatic amines is 1. The van der Waals surface area contributed by atoms with E-state index < -0.39 is 0 Å². The van der Waals surface area contributed by atoms with Crippen molar-refractivity contribution in [1.82, 2.24) is 25.0 Å². The minimum absolute atomic E-state index is 0.0578. The number of carbonyl (C=O) groups is 1. The molecule has 0 spiro atoms. The summed E-state index contributed by atoms with van der Waals surface area (Å²) in [5.41, 5.74) is 2.18. The molecule has 3 heterocycles. The van der Waals surface area contributed by atoms with Crippen molar-refractivity contribution in [3.63, 3.8) is 0 Å². The van der Waals surface area contributed by atoms with Crippen molar-refractivity contribution in [2.24, 2.45) is 0 Å². The first-order valence-corrected chi connectivity index (χ1v) is 11.3. The van der Waals surface area contributed by atoms with Gasteiger partial charge in [-0.25, -0.2) is 4.98 Å². The van der Waals surface area contributed by atoms with Gasteiger partial charge in [0.05, 0.1) is 11.1 Å². The Bertz CT molecular complexity index is 1060. The molecule has 0 aliphatic carbocycles. The van der Waals surface area contributed by atoms with E-state index in [4.69, 9.17) is 0 Å². The predicted octanol–water partition coefficient (Wildman–Crippen LogP) is 3.45. The maximum absolute atomic E-state index is 12.7. The van der Waals surface area contributed by atoms with Crippen molar-refractivity contribution < 1.29 is 9.90 Å². The molecule has 8 nitrogen and oxygen atoms in total. The molecule has 4 rings (SSSR count). The highest BCUT2D eigenvalue weighted by atomic mass is 79.9. The predicted molar refractivity (Wildman–Crippen MR) is 125 cm³/mol. The molecule has 1 amide bonds. The van der Waals surface area contributed by atoms with Crippen LogP contribution in [-0.2, 0) is 4.79 Å². The third-order valence-corrected chi connectivity index (χ3v) is 6.47. The van der Waals surface area contributed by atoms with Crippen molar-refractivity contribution in [1.29, 1.82) is 0 Å². The smallest absolute Gasteiger partial charge is 0.227 e. The lowest BCUT2D eigenvalue weighted by molar-refractivity contribution is -0.117. The number of amides is 1. The maximum atomic E-state index is 12.7. The SMILES string of the molecule is CCN1CCN(C(C)CC(=O)Nc2n[nH]c3nc(-c4ccc(O)cc4)c(Br)cc23)CC1. The van der Waals surface area contributed by atoms with Gasteiger partial charge in [0.1, 0.15) is 5.75 Å². The van der Waals surface area contributed by atoms with Crippen LogP contribution in [0, 0.1) is 0 Å². The normalized spacial score (nSPS) is 16.5. The van der Waals surface area contributed by atoms with Crippen LogP contribution in [0.25, 0.3) is 22.3 Å². The van der Waals surface area contributed by atoms with Gasteiger partial charge in [-0.15, -0.1) is 0 Å². The van der Waals surface area contributed by atoms with E-state index in [1.54, 1.807) is 24.3 Å². The number of phenolic OH excluding ortho intramolecular Hbond substituents is 1. The summed E-state index contributed by atoms with van der Waals surface area (Å²) < 4.78 is 0.782. The molecule has 1 saturated heterocycles. The Hall–Kier alpha value is -2.49. The van der Waals surface area contributed by atoms with Crippen molar-refractivity contribution in [3.8, 4) is 17.0 Å². The molecule has 164 valence electrons. The fourth-order valence-corrected chi connectivity index (χ4v) is 4.49. The van der Waals surface area contributed by atoms with Crippen LogP contribution in [-0.4, -0.2) is 74.8 Å². The number of nitrogens with one attached hydrogen (secondary N) is 2. The second-order valence-electron chi connectivity index (χ2n) is 7.91. The number of fused-ring (bicyclic) bond motifs is 1. The highest BCUT2D eigenvalue weighted by Crippen LogP contribution is 2.32. The number of hydrogen-bond acceptors (Lipinski definition) is 6. The van der Waals surface area contributed by atoms with Crippen molar-refractivity contribution >= 4 is 38.7 Å². The van der Waals surface area contributed by atoms with Crippen LogP contribution in [0.1, 0.15) is 20.3 Å². The number of phenols is 1. The molecule has 1 aliphatic heterocycles. The van der Waals surface area contributed by atoms with E-state index >= 15 is 0 Å². The molecule has 31 heavy (non-hydrogen) atoms. The highest BCUT2D eigenvalue weighted by molar-refractivity contribution is 9.10. The maximum Gasteiger partial charge on any atom is 0.227 e. The number of benzene rings is 1. The van der Waals surface area contributed by atoms with Crippen LogP contribution < -0.4 is 5.32 Å². The fraction of sp³-hybridized carbons (Fsp3) is 0.409. The third kappa shape index (κ3) is 4.89. The second kappa shape index (κ2) is 9.33. The van der Waals surface area contributed by atoms with Crippen LogP contribution in [0.2, 0.25) is 0 Å². The average molecular weight is 487 g/mol. The first-order valence-electron chi connectivity index (χ1n) is 10.5. The van der Waals surface area contributed by atoms with E-state index in [0.29, 0.717) is 17.9 Å². The number of halogens is 1. The first kappa shape index (κ1) is 21.7. The number of carbonyl (C=O) groups excluding carboxylic acids is 1. The number of anilines is 1. The van der Waals surface area contributed by atoms with Crippen LogP contribution in [0.3, 0.4) is 0 Å². The van der Waals surface area contributed by atoms with Gasteiger partial charge >= 0.3 is 0 Å². The summed E-state index contributed by atoms with van der Waals surface area (Å²) in [5.74, 6) is 0.625. The standard InChI is InChI=1S/C22H27BrN6O2/c1-3-28-8-10-29(11-9-28)14(2)12-19(31)24-21-17-13-18(23)20(25-22(17)27-26-21)15-4-6-16(30)7-5-15/h4-7,13-14,30H,3,8-12H2,1-2H3,(H2,24,25,26,27,31). The summed E-state index contributed by atoms with van der Waals surface area (Å²) in [6.07, 6.45) is 0.417. The Morgan fingerprint density at radius 3 is 2.65 bits per heavy atom. The van der Waals surface area contributed by atoms with Gasteiger partial charge in [-0.05, 0) is 59.7 Å². The van der Waals surface area contributed by atoms with Gasteiger partial charge in [0.15, 0.2) is 11.5 Å². The number of rotatable bonds is 6. The Labute approximate surface area is 189 Å². The minimum atomic E-state index is -0.0578. The molecule has 1 aromatic carbocycles. The van der Waals surface area contributed by atoms with Gasteiger partial charge in [-0.3, -0.25) is 14.8 Å². The fourth-order valence-electron chi connectivity index (χ4n) is 3.94. The van der Waals surface area contributed by atoms with Gasteiger partial charge in [0.25, 0.3) is 0 Å². The largest absolute Gasteiger partial charge is 0.508 e. The zero-order chi connectivity index (χ0) is 22.0. The zero-order valence-electron chi connectivity index (χ0n) is 17.7. The zero-order valence-corrected chi connectivity index (χ0v) is 19.3. The molecular formula is C22H27BrN6O2. The highest BCUT2D eigenvalue weighted by Gasteiger charge is 2.23. The summed E-state index contributed by atoms with van der Waals surface area (Å²) in [4.78, 5) is 22.1. The molecule has 0 saturated carbocycles.